The molecule has 0 spiro atoms. The number of hydrogen-bond donors (Lipinski definition) is 1. The second-order valence-corrected chi connectivity index (χ2v) is 3.73. The fraction of sp³-hybridized carbons (Fsp3) is 0.182. The second kappa shape index (κ2) is 4.47. The Hall–Kier alpha value is -1.32. The van der Waals surface area contributed by atoms with Crippen LogP contribution in [-0.2, 0) is 6.42 Å². The number of hydrogen-bond acceptors (Lipinski definition) is 2. The fourth-order valence-electron chi connectivity index (χ4n) is 1.42. The van der Waals surface area contributed by atoms with Gasteiger partial charge in [0.05, 0.1) is 12.0 Å². The Labute approximate surface area is 93.5 Å². The lowest BCUT2D eigenvalue weighted by Gasteiger charge is -2.01. The van der Waals surface area contributed by atoms with Crippen molar-refractivity contribution in [3.8, 4) is 5.69 Å². The van der Waals surface area contributed by atoms with E-state index < -0.39 is 0 Å². The molecule has 2 rings (SSSR count). The molecule has 2 N–H and O–H groups in total. The highest BCUT2D eigenvalue weighted by atomic mass is 35.5. The van der Waals surface area contributed by atoms with Gasteiger partial charge in [-0.2, -0.15) is 0 Å². The van der Waals surface area contributed by atoms with E-state index in [1.807, 2.05) is 35.0 Å². The van der Waals surface area contributed by atoms with Crippen molar-refractivity contribution < 1.29 is 0 Å². The summed E-state index contributed by atoms with van der Waals surface area (Å²) in [5, 5.41) is 0.724. The average Bonchev–Trinajstić information content (AvgIpc) is 2.67. The molecular formula is C11H12ClN3. The molecule has 15 heavy (non-hydrogen) atoms. The summed E-state index contributed by atoms with van der Waals surface area (Å²) in [6, 6.07) is 7.65. The minimum Gasteiger partial charge on any atom is -0.330 e. The Morgan fingerprint density at radius 2 is 2.27 bits per heavy atom. The van der Waals surface area contributed by atoms with Gasteiger partial charge in [0.15, 0.2) is 0 Å². The lowest BCUT2D eigenvalue weighted by atomic mass is 10.3. The van der Waals surface area contributed by atoms with Crippen LogP contribution >= 0.6 is 11.6 Å². The van der Waals surface area contributed by atoms with Crippen LogP contribution < -0.4 is 5.73 Å². The predicted octanol–water partition coefficient (Wildman–Crippen LogP) is 2.03. The van der Waals surface area contributed by atoms with Crippen molar-refractivity contribution in [2.24, 2.45) is 5.73 Å². The molecule has 78 valence electrons. The quantitative estimate of drug-likeness (QED) is 0.862. The standard InChI is InChI=1S/C11H12ClN3/c12-9-2-1-3-11(6-9)15-7-10(4-5-13)14-8-15/h1-3,6-8H,4-5,13H2. The lowest BCUT2D eigenvalue weighted by molar-refractivity contribution is 0.934. The summed E-state index contributed by atoms with van der Waals surface area (Å²) in [7, 11) is 0. The molecule has 0 aliphatic rings. The van der Waals surface area contributed by atoms with Gasteiger partial charge in [0.25, 0.3) is 0 Å². The van der Waals surface area contributed by atoms with Crippen LogP contribution in [-0.4, -0.2) is 16.1 Å². The van der Waals surface area contributed by atoms with Gasteiger partial charge >= 0.3 is 0 Å². The third kappa shape index (κ3) is 2.37. The van der Waals surface area contributed by atoms with Gasteiger partial charge in [0.1, 0.15) is 0 Å². The van der Waals surface area contributed by atoms with Gasteiger partial charge < -0.3 is 10.3 Å². The van der Waals surface area contributed by atoms with Crippen LogP contribution in [0, 0.1) is 0 Å². The topological polar surface area (TPSA) is 43.8 Å². The van der Waals surface area contributed by atoms with Crippen LogP contribution in [0.5, 0.6) is 0 Å². The summed E-state index contributed by atoms with van der Waals surface area (Å²) >= 11 is 5.91. The molecule has 0 amide bonds. The monoisotopic (exact) mass is 221 g/mol. The van der Waals surface area contributed by atoms with Gasteiger partial charge in [0, 0.05) is 23.3 Å². The van der Waals surface area contributed by atoms with Crippen LogP contribution in [0.25, 0.3) is 5.69 Å². The van der Waals surface area contributed by atoms with E-state index in [1.54, 1.807) is 6.33 Å². The SMILES string of the molecule is NCCc1cn(-c2cccc(Cl)c2)cn1. The smallest absolute Gasteiger partial charge is 0.0995 e. The van der Waals surface area contributed by atoms with E-state index in [0.717, 1.165) is 22.8 Å². The molecule has 0 bridgehead atoms. The number of benzene rings is 1. The van der Waals surface area contributed by atoms with Crippen LogP contribution in [0.4, 0.5) is 0 Å². The molecular weight excluding hydrogens is 210 g/mol. The highest BCUT2D eigenvalue weighted by molar-refractivity contribution is 6.30. The van der Waals surface area contributed by atoms with Gasteiger partial charge in [0.2, 0.25) is 0 Å². The maximum Gasteiger partial charge on any atom is 0.0995 e. The Bertz CT molecular complexity index is 451. The van der Waals surface area contributed by atoms with E-state index in [2.05, 4.69) is 4.98 Å². The first-order valence-corrected chi connectivity index (χ1v) is 5.16. The zero-order valence-corrected chi connectivity index (χ0v) is 8.98. The Balaban J connectivity index is 2.29. The molecule has 1 aromatic heterocycles. The largest absolute Gasteiger partial charge is 0.330 e. The van der Waals surface area contributed by atoms with Crippen molar-refractivity contribution in [2.45, 2.75) is 6.42 Å². The maximum atomic E-state index is 5.91. The number of nitrogens with two attached hydrogens (primary N) is 1. The normalized spacial score (nSPS) is 10.5. The number of rotatable bonds is 3. The molecule has 1 aromatic carbocycles. The Morgan fingerprint density at radius 3 is 3.00 bits per heavy atom. The highest BCUT2D eigenvalue weighted by Gasteiger charge is 2.00. The molecule has 0 saturated carbocycles. The molecule has 0 fully saturated rings. The van der Waals surface area contributed by atoms with Crippen molar-refractivity contribution in [2.75, 3.05) is 6.54 Å². The third-order valence-corrected chi connectivity index (χ3v) is 2.38. The number of imidazole rings is 1. The minimum atomic E-state index is 0.618. The molecule has 0 atom stereocenters. The van der Waals surface area contributed by atoms with Crippen molar-refractivity contribution in [3.05, 3.63) is 47.5 Å². The number of halogens is 1. The molecule has 3 nitrogen and oxygen atoms in total. The highest BCUT2D eigenvalue weighted by Crippen LogP contribution is 2.14. The lowest BCUT2D eigenvalue weighted by Crippen LogP contribution is -2.02. The van der Waals surface area contributed by atoms with Crippen LogP contribution in [0.3, 0.4) is 0 Å². The molecule has 0 aliphatic carbocycles. The predicted molar refractivity (Wildman–Crippen MR) is 61.3 cm³/mol. The van der Waals surface area contributed by atoms with E-state index in [0.29, 0.717) is 6.54 Å². The number of nitrogens with zero attached hydrogens (tertiary/aromatic N) is 2. The van der Waals surface area contributed by atoms with Crippen molar-refractivity contribution in [1.82, 2.24) is 9.55 Å². The summed E-state index contributed by atoms with van der Waals surface area (Å²) in [4.78, 5) is 4.25. The van der Waals surface area contributed by atoms with Gasteiger partial charge in [-0.25, -0.2) is 4.98 Å². The van der Waals surface area contributed by atoms with Crippen molar-refractivity contribution >= 4 is 11.6 Å². The van der Waals surface area contributed by atoms with Crippen molar-refractivity contribution in [3.63, 3.8) is 0 Å². The maximum absolute atomic E-state index is 5.91. The second-order valence-electron chi connectivity index (χ2n) is 3.29. The molecule has 1 heterocycles. The van der Waals surface area contributed by atoms with Crippen LogP contribution in [0.2, 0.25) is 5.02 Å². The van der Waals surface area contributed by atoms with Crippen LogP contribution in [0.15, 0.2) is 36.8 Å². The summed E-state index contributed by atoms with van der Waals surface area (Å²) in [6.07, 6.45) is 4.54. The Morgan fingerprint density at radius 1 is 1.40 bits per heavy atom. The first-order chi connectivity index (χ1) is 7.29. The molecule has 0 aliphatic heterocycles. The average molecular weight is 222 g/mol. The summed E-state index contributed by atoms with van der Waals surface area (Å²) in [5.74, 6) is 0. The van der Waals surface area contributed by atoms with E-state index in [9.17, 15) is 0 Å². The summed E-state index contributed by atoms with van der Waals surface area (Å²) in [5.41, 5.74) is 7.47. The van der Waals surface area contributed by atoms with E-state index in [-0.39, 0.29) is 0 Å². The summed E-state index contributed by atoms with van der Waals surface area (Å²) < 4.78 is 1.94. The van der Waals surface area contributed by atoms with Crippen molar-refractivity contribution in [1.29, 1.82) is 0 Å². The van der Waals surface area contributed by atoms with Gasteiger partial charge in [-0.3, -0.25) is 0 Å². The zero-order chi connectivity index (χ0) is 10.7. The molecule has 0 saturated heterocycles. The molecule has 2 aromatic rings. The third-order valence-electron chi connectivity index (χ3n) is 2.14. The van der Waals surface area contributed by atoms with E-state index in [4.69, 9.17) is 17.3 Å². The zero-order valence-electron chi connectivity index (χ0n) is 8.23. The van der Waals surface area contributed by atoms with E-state index >= 15 is 0 Å². The van der Waals surface area contributed by atoms with Gasteiger partial charge in [-0.1, -0.05) is 17.7 Å². The Kier molecular flexibility index (Phi) is 3.04. The van der Waals surface area contributed by atoms with Crippen LogP contribution in [0.1, 0.15) is 5.69 Å². The first-order valence-electron chi connectivity index (χ1n) is 4.78. The minimum absolute atomic E-state index is 0.618. The van der Waals surface area contributed by atoms with Gasteiger partial charge in [-0.05, 0) is 24.7 Å². The molecule has 0 radical (unpaired) electrons. The molecule has 4 heteroatoms. The first kappa shape index (κ1) is 10.2. The summed E-state index contributed by atoms with van der Waals surface area (Å²) in [6.45, 7) is 0.618. The molecule has 0 unspecified atom stereocenters. The number of aromatic nitrogens is 2. The van der Waals surface area contributed by atoms with E-state index in [1.165, 1.54) is 0 Å². The fourth-order valence-corrected chi connectivity index (χ4v) is 1.60. The van der Waals surface area contributed by atoms with Gasteiger partial charge in [-0.15, -0.1) is 0 Å².